The number of carbonyl (C=O) groups is 3. The summed E-state index contributed by atoms with van der Waals surface area (Å²) < 4.78 is 13.0. The van der Waals surface area contributed by atoms with Crippen molar-refractivity contribution < 1.29 is 18.8 Å². The van der Waals surface area contributed by atoms with Crippen molar-refractivity contribution in [2.75, 3.05) is 19.6 Å². The predicted octanol–water partition coefficient (Wildman–Crippen LogP) is 1.02. The summed E-state index contributed by atoms with van der Waals surface area (Å²) in [5.74, 6) is -0.899. The molecule has 0 aliphatic carbocycles. The third kappa shape index (κ3) is 3.23. The van der Waals surface area contributed by atoms with Crippen molar-refractivity contribution in [1.29, 1.82) is 0 Å². The van der Waals surface area contributed by atoms with Crippen LogP contribution < -0.4 is 5.32 Å². The van der Waals surface area contributed by atoms with Gasteiger partial charge in [-0.3, -0.25) is 14.4 Å². The van der Waals surface area contributed by atoms with Gasteiger partial charge in [0.15, 0.2) is 0 Å². The van der Waals surface area contributed by atoms with E-state index >= 15 is 0 Å². The minimum absolute atomic E-state index is 0.0660. The van der Waals surface area contributed by atoms with Crippen LogP contribution in [0.3, 0.4) is 0 Å². The van der Waals surface area contributed by atoms with Crippen LogP contribution in [0.5, 0.6) is 0 Å². The molecule has 0 unspecified atom stereocenters. The van der Waals surface area contributed by atoms with Gasteiger partial charge in [-0.05, 0) is 30.2 Å². The largest absolute Gasteiger partial charge is 0.342 e. The number of nitrogens with zero attached hydrogens (tertiary/aromatic N) is 2. The van der Waals surface area contributed by atoms with Crippen molar-refractivity contribution in [1.82, 2.24) is 15.1 Å². The first-order valence-corrected chi connectivity index (χ1v) is 8.58. The van der Waals surface area contributed by atoms with Crippen LogP contribution in [0.4, 0.5) is 4.39 Å². The fourth-order valence-corrected chi connectivity index (χ4v) is 3.34. The minimum atomic E-state index is -0.661. The lowest BCUT2D eigenvalue weighted by Gasteiger charge is -2.46. The van der Waals surface area contributed by atoms with Crippen molar-refractivity contribution in [3.63, 3.8) is 0 Å². The summed E-state index contributed by atoms with van der Waals surface area (Å²) in [4.78, 5) is 40.8. The molecule has 2 heterocycles. The standard InChI is InChI=1S/C18H22FN3O3/c1-3-11(2)15-18(25)22-9-8-21(10-14(22)16(23)20-15)17(24)12-4-6-13(19)7-5-12/h4-7,11,14-15H,3,8-10H2,1-2H3,(H,20,23)/t11-,14+,15-/m0/s1. The number of benzene rings is 1. The Morgan fingerprint density at radius 1 is 1.28 bits per heavy atom. The first kappa shape index (κ1) is 17.4. The second-order valence-corrected chi connectivity index (χ2v) is 6.68. The van der Waals surface area contributed by atoms with E-state index in [1.165, 1.54) is 24.3 Å². The zero-order chi connectivity index (χ0) is 18.1. The maximum atomic E-state index is 13.0. The first-order chi connectivity index (χ1) is 11.9. The Kier molecular flexibility index (Phi) is 4.74. The molecule has 25 heavy (non-hydrogen) atoms. The molecular formula is C18H22FN3O3. The molecule has 0 spiro atoms. The number of carbonyl (C=O) groups excluding carboxylic acids is 3. The fraction of sp³-hybridized carbons (Fsp3) is 0.500. The summed E-state index contributed by atoms with van der Waals surface area (Å²) >= 11 is 0. The van der Waals surface area contributed by atoms with E-state index in [4.69, 9.17) is 0 Å². The van der Waals surface area contributed by atoms with Gasteiger partial charge in [0, 0.05) is 18.7 Å². The lowest BCUT2D eigenvalue weighted by molar-refractivity contribution is -0.153. The van der Waals surface area contributed by atoms with Gasteiger partial charge in [0.1, 0.15) is 17.9 Å². The second kappa shape index (κ2) is 6.82. The van der Waals surface area contributed by atoms with E-state index in [9.17, 15) is 18.8 Å². The summed E-state index contributed by atoms with van der Waals surface area (Å²) in [5, 5.41) is 2.81. The first-order valence-electron chi connectivity index (χ1n) is 8.58. The number of hydrogen-bond donors (Lipinski definition) is 1. The highest BCUT2D eigenvalue weighted by Gasteiger charge is 2.45. The maximum absolute atomic E-state index is 13.0. The normalized spacial score (nSPS) is 24.6. The number of piperazine rings is 2. The van der Waals surface area contributed by atoms with Crippen LogP contribution in [0.15, 0.2) is 24.3 Å². The third-order valence-corrected chi connectivity index (χ3v) is 5.12. The lowest BCUT2D eigenvalue weighted by Crippen LogP contribution is -2.70. The van der Waals surface area contributed by atoms with Crippen LogP contribution >= 0.6 is 0 Å². The summed E-state index contributed by atoms with van der Waals surface area (Å²) in [5.41, 5.74) is 0.370. The number of halogens is 1. The SMILES string of the molecule is CC[C@H](C)[C@@H]1NC(=O)[C@H]2CN(C(=O)c3ccc(F)cc3)CCN2C1=O. The van der Waals surface area contributed by atoms with Gasteiger partial charge in [-0.2, -0.15) is 0 Å². The van der Waals surface area contributed by atoms with Crippen molar-refractivity contribution in [2.45, 2.75) is 32.4 Å². The highest BCUT2D eigenvalue weighted by molar-refractivity contribution is 5.99. The van der Waals surface area contributed by atoms with E-state index in [0.717, 1.165) is 6.42 Å². The van der Waals surface area contributed by atoms with Crippen molar-refractivity contribution >= 4 is 17.7 Å². The molecule has 2 saturated heterocycles. The Hall–Kier alpha value is -2.44. The predicted molar refractivity (Wildman–Crippen MR) is 89.2 cm³/mol. The van der Waals surface area contributed by atoms with Crippen LogP contribution in [0.1, 0.15) is 30.6 Å². The summed E-state index contributed by atoms with van der Waals surface area (Å²) in [6.07, 6.45) is 0.796. The molecular weight excluding hydrogens is 325 g/mol. The van der Waals surface area contributed by atoms with E-state index in [2.05, 4.69) is 5.32 Å². The molecule has 1 N–H and O–H groups in total. The van der Waals surface area contributed by atoms with Gasteiger partial charge in [-0.15, -0.1) is 0 Å². The quantitative estimate of drug-likeness (QED) is 0.888. The average molecular weight is 347 g/mol. The Morgan fingerprint density at radius 3 is 2.60 bits per heavy atom. The average Bonchev–Trinajstić information content (AvgIpc) is 2.63. The number of fused-ring (bicyclic) bond motifs is 1. The zero-order valence-electron chi connectivity index (χ0n) is 14.4. The highest BCUT2D eigenvalue weighted by atomic mass is 19.1. The molecule has 0 bridgehead atoms. The molecule has 2 aliphatic heterocycles. The van der Waals surface area contributed by atoms with Crippen molar-refractivity contribution in [3.8, 4) is 0 Å². The highest BCUT2D eigenvalue weighted by Crippen LogP contribution is 2.22. The van der Waals surface area contributed by atoms with E-state index < -0.39 is 17.9 Å². The molecule has 3 amide bonds. The number of hydrogen-bond acceptors (Lipinski definition) is 3. The second-order valence-electron chi connectivity index (χ2n) is 6.68. The van der Waals surface area contributed by atoms with Gasteiger partial charge in [0.25, 0.3) is 5.91 Å². The van der Waals surface area contributed by atoms with E-state index in [1.807, 2.05) is 13.8 Å². The topological polar surface area (TPSA) is 69.7 Å². The van der Waals surface area contributed by atoms with Crippen LogP contribution in [0, 0.1) is 11.7 Å². The van der Waals surface area contributed by atoms with Crippen molar-refractivity contribution in [2.24, 2.45) is 5.92 Å². The number of rotatable bonds is 3. The monoisotopic (exact) mass is 347 g/mol. The van der Waals surface area contributed by atoms with Gasteiger partial charge in [0.2, 0.25) is 11.8 Å². The van der Waals surface area contributed by atoms with Crippen LogP contribution in [-0.2, 0) is 9.59 Å². The Balaban J connectivity index is 1.73. The smallest absolute Gasteiger partial charge is 0.254 e. The van der Waals surface area contributed by atoms with Gasteiger partial charge in [-0.25, -0.2) is 4.39 Å². The number of amides is 3. The molecule has 0 aromatic heterocycles. The van der Waals surface area contributed by atoms with Gasteiger partial charge >= 0.3 is 0 Å². The molecule has 7 heteroatoms. The molecule has 2 fully saturated rings. The van der Waals surface area contributed by atoms with Gasteiger partial charge in [-0.1, -0.05) is 20.3 Å². The zero-order valence-corrected chi connectivity index (χ0v) is 14.4. The summed E-state index contributed by atoms with van der Waals surface area (Å²) in [6, 6.07) is 4.16. The molecule has 134 valence electrons. The van der Waals surface area contributed by atoms with Gasteiger partial charge in [0.05, 0.1) is 6.54 Å². The molecule has 3 rings (SSSR count). The molecule has 6 nitrogen and oxygen atoms in total. The van der Waals surface area contributed by atoms with Gasteiger partial charge < -0.3 is 15.1 Å². The molecule has 3 atom stereocenters. The minimum Gasteiger partial charge on any atom is -0.342 e. The van der Waals surface area contributed by atoms with E-state index in [-0.39, 0.29) is 30.2 Å². The Bertz CT molecular complexity index is 691. The molecule has 2 aliphatic rings. The van der Waals surface area contributed by atoms with Crippen LogP contribution in [0.2, 0.25) is 0 Å². The molecule has 1 aromatic rings. The number of nitrogens with one attached hydrogen (secondary N) is 1. The Morgan fingerprint density at radius 2 is 1.96 bits per heavy atom. The molecule has 0 saturated carbocycles. The maximum Gasteiger partial charge on any atom is 0.254 e. The van der Waals surface area contributed by atoms with E-state index in [1.54, 1.807) is 9.80 Å². The van der Waals surface area contributed by atoms with Crippen molar-refractivity contribution in [3.05, 3.63) is 35.6 Å². The van der Waals surface area contributed by atoms with Crippen LogP contribution in [0.25, 0.3) is 0 Å². The van der Waals surface area contributed by atoms with Crippen LogP contribution in [-0.4, -0.2) is 59.2 Å². The third-order valence-electron chi connectivity index (χ3n) is 5.12. The molecule has 0 radical (unpaired) electrons. The Labute approximate surface area is 146 Å². The molecule has 1 aromatic carbocycles. The fourth-order valence-electron chi connectivity index (χ4n) is 3.34. The summed E-state index contributed by atoms with van der Waals surface area (Å²) in [7, 11) is 0. The summed E-state index contributed by atoms with van der Waals surface area (Å²) in [6.45, 7) is 4.77. The van der Waals surface area contributed by atoms with E-state index in [0.29, 0.717) is 18.7 Å². The lowest BCUT2D eigenvalue weighted by atomic mass is 9.93.